The zero-order valence-electron chi connectivity index (χ0n) is 21.6. The van der Waals surface area contributed by atoms with E-state index < -0.39 is 0 Å². The van der Waals surface area contributed by atoms with E-state index in [0.717, 1.165) is 50.5 Å². The number of aryl methyl sites for hydroxylation is 1. The molecule has 0 bridgehead atoms. The highest BCUT2D eigenvalue weighted by molar-refractivity contribution is 6.03. The van der Waals surface area contributed by atoms with E-state index in [-0.39, 0.29) is 6.04 Å². The van der Waals surface area contributed by atoms with E-state index in [4.69, 9.17) is 24.5 Å². The Bertz CT molecular complexity index is 1610. The zero-order chi connectivity index (χ0) is 26.1. The maximum Gasteiger partial charge on any atom is 0.247 e. The highest BCUT2D eigenvalue weighted by Crippen LogP contribution is 2.38. The van der Waals surface area contributed by atoms with Crippen LogP contribution >= 0.6 is 0 Å². The van der Waals surface area contributed by atoms with Gasteiger partial charge in [0.05, 0.1) is 37.2 Å². The van der Waals surface area contributed by atoms with Crippen molar-refractivity contribution in [1.82, 2.24) is 9.97 Å². The highest BCUT2D eigenvalue weighted by Gasteiger charge is 2.32. The van der Waals surface area contributed by atoms with E-state index in [1.165, 1.54) is 5.56 Å². The van der Waals surface area contributed by atoms with Gasteiger partial charge in [-0.1, -0.05) is 54.1 Å². The molecule has 6 heteroatoms. The van der Waals surface area contributed by atoms with Gasteiger partial charge >= 0.3 is 0 Å². The molecule has 6 rings (SSSR count). The van der Waals surface area contributed by atoms with Crippen molar-refractivity contribution in [3.63, 3.8) is 0 Å². The molecule has 188 valence electrons. The Hall–Kier alpha value is -4.71. The fourth-order valence-corrected chi connectivity index (χ4v) is 4.89. The summed E-state index contributed by atoms with van der Waals surface area (Å²) in [6.07, 6.45) is 0.717. The van der Waals surface area contributed by atoms with Gasteiger partial charge in [0.1, 0.15) is 11.5 Å². The van der Waals surface area contributed by atoms with Crippen LogP contribution in [0.1, 0.15) is 29.2 Å². The molecule has 1 unspecified atom stereocenters. The van der Waals surface area contributed by atoms with Crippen molar-refractivity contribution in [2.45, 2.75) is 19.4 Å². The van der Waals surface area contributed by atoms with Gasteiger partial charge in [0.25, 0.3) is 0 Å². The summed E-state index contributed by atoms with van der Waals surface area (Å²) in [7, 11) is 3.35. The van der Waals surface area contributed by atoms with Crippen LogP contribution in [-0.2, 0) is 0 Å². The molecule has 5 aromatic rings. The van der Waals surface area contributed by atoms with Crippen LogP contribution in [0.5, 0.6) is 11.5 Å². The van der Waals surface area contributed by atoms with Crippen LogP contribution in [-0.4, -0.2) is 29.9 Å². The molecule has 0 N–H and O–H groups in total. The molecule has 0 fully saturated rings. The van der Waals surface area contributed by atoms with Crippen LogP contribution < -0.4 is 14.5 Å². The normalized spacial score (nSPS) is 15.0. The van der Waals surface area contributed by atoms with E-state index in [2.05, 4.69) is 49.4 Å². The molecule has 0 saturated heterocycles. The van der Waals surface area contributed by atoms with Crippen molar-refractivity contribution in [3.8, 4) is 22.8 Å². The summed E-state index contributed by atoms with van der Waals surface area (Å²) in [4.78, 5) is 10.1. The minimum Gasteiger partial charge on any atom is -0.497 e. The molecule has 1 atom stereocenters. The van der Waals surface area contributed by atoms with Gasteiger partial charge in [-0.15, -0.1) is 0 Å². The monoisotopic (exact) mass is 500 g/mol. The van der Waals surface area contributed by atoms with E-state index in [1.807, 2.05) is 59.6 Å². The number of hydrogen-bond acceptors (Lipinski definition) is 6. The lowest BCUT2D eigenvalue weighted by Gasteiger charge is -2.23. The Morgan fingerprint density at radius 3 is 2.11 bits per heavy atom. The fraction of sp³-hybridized carbons (Fsp3) is 0.156. The summed E-state index contributed by atoms with van der Waals surface area (Å²) >= 11 is 0. The molecule has 0 saturated carbocycles. The average Bonchev–Trinajstić information content (AvgIpc) is 3.43. The number of hydrazone groups is 1. The lowest BCUT2D eigenvalue weighted by Crippen LogP contribution is -2.21. The first kappa shape index (κ1) is 23.7. The summed E-state index contributed by atoms with van der Waals surface area (Å²) in [5.74, 6) is 2.21. The number of aromatic nitrogens is 2. The fourth-order valence-electron chi connectivity index (χ4n) is 4.89. The first-order chi connectivity index (χ1) is 18.6. The van der Waals surface area contributed by atoms with Gasteiger partial charge in [-0.25, -0.2) is 15.0 Å². The summed E-state index contributed by atoms with van der Waals surface area (Å²) in [6.45, 7) is 2.09. The van der Waals surface area contributed by atoms with Crippen molar-refractivity contribution in [2.24, 2.45) is 5.10 Å². The second-order valence-corrected chi connectivity index (χ2v) is 9.37. The van der Waals surface area contributed by atoms with Gasteiger partial charge in [0, 0.05) is 17.4 Å². The van der Waals surface area contributed by atoms with Crippen LogP contribution in [0.2, 0.25) is 0 Å². The Morgan fingerprint density at radius 2 is 1.42 bits per heavy atom. The van der Waals surface area contributed by atoms with Crippen LogP contribution in [0.25, 0.3) is 22.2 Å². The Balaban J connectivity index is 1.51. The molecule has 1 aromatic heterocycles. The maximum atomic E-state index is 5.40. The third-order valence-corrected chi connectivity index (χ3v) is 6.93. The number of nitrogens with zero attached hydrogens (tertiary/aromatic N) is 4. The summed E-state index contributed by atoms with van der Waals surface area (Å²) in [6, 6.07) is 32.7. The molecule has 2 heterocycles. The SMILES string of the molecule is COc1ccc(C2=NN(c3nc(-c4ccccc4)c4cc(C)ccc4n3)C(c3ccc(OC)cc3)C2)cc1. The van der Waals surface area contributed by atoms with E-state index >= 15 is 0 Å². The standard InChI is InChI=1S/C32H28N4O2/c1-21-9-18-28-27(19-21)31(24-7-5-4-6-8-24)34-32(33-28)36-30(23-12-16-26(38-3)17-13-23)20-29(35-36)22-10-14-25(37-2)15-11-22/h4-19,30H,20H2,1-3H3. The van der Waals surface area contributed by atoms with Gasteiger partial charge in [0.15, 0.2) is 0 Å². The van der Waals surface area contributed by atoms with Crippen LogP contribution in [0.15, 0.2) is 102 Å². The number of rotatable bonds is 6. The summed E-state index contributed by atoms with van der Waals surface area (Å²) in [5.41, 5.74) is 7.15. The van der Waals surface area contributed by atoms with Gasteiger partial charge in [-0.3, -0.25) is 0 Å². The number of methoxy groups -OCH3 is 2. The topological polar surface area (TPSA) is 59.8 Å². The Morgan fingerprint density at radius 1 is 0.737 bits per heavy atom. The molecule has 0 radical (unpaired) electrons. The molecule has 1 aliphatic rings. The molecule has 0 spiro atoms. The molecule has 1 aliphatic heterocycles. The average molecular weight is 501 g/mol. The first-order valence-corrected chi connectivity index (χ1v) is 12.6. The molecular weight excluding hydrogens is 472 g/mol. The number of anilines is 1. The molecule has 38 heavy (non-hydrogen) atoms. The smallest absolute Gasteiger partial charge is 0.247 e. The number of hydrogen-bond donors (Lipinski definition) is 0. The van der Waals surface area contributed by atoms with Crippen molar-refractivity contribution < 1.29 is 9.47 Å². The minimum absolute atomic E-state index is 0.0653. The lowest BCUT2D eigenvalue weighted by atomic mass is 9.98. The third-order valence-electron chi connectivity index (χ3n) is 6.93. The second kappa shape index (κ2) is 9.98. The molecule has 0 amide bonds. The van der Waals surface area contributed by atoms with Crippen molar-refractivity contribution >= 4 is 22.6 Å². The van der Waals surface area contributed by atoms with Gasteiger partial charge in [-0.2, -0.15) is 5.10 Å². The van der Waals surface area contributed by atoms with Crippen LogP contribution in [0, 0.1) is 6.92 Å². The Kier molecular flexibility index (Phi) is 6.22. The predicted molar refractivity (Wildman–Crippen MR) is 152 cm³/mol. The first-order valence-electron chi connectivity index (χ1n) is 12.6. The quantitative estimate of drug-likeness (QED) is 0.252. The largest absolute Gasteiger partial charge is 0.497 e. The third kappa shape index (κ3) is 4.45. The molecule has 0 aliphatic carbocycles. The molecular formula is C32H28N4O2. The van der Waals surface area contributed by atoms with Crippen molar-refractivity contribution in [2.75, 3.05) is 19.2 Å². The van der Waals surface area contributed by atoms with Gasteiger partial charge in [0.2, 0.25) is 5.95 Å². The van der Waals surface area contributed by atoms with Crippen molar-refractivity contribution in [3.05, 3.63) is 114 Å². The van der Waals surface area contributed by atoms with Gasteiger partial charge in [-0.05, 0) is 66.6 Å². The van der Waals surface area contributed by atoms with Crippen molar-refractivity contribution in [1.29, 1.82) is 0 Å². The summed E-state index contributed by atoms with van der Waals surface area (Å²) < 4.78 is 10.8. The van der Waals surface area contributed by atoms with E-state index in [9.17, 15) is 0 Å². The minimum atomic E-state index is -0.0653. The summed E-state index contributed by atoms with van der Waals surface area (Å²) in [5, 5.41) is 8.09. The van der Waals surface area contributed by atoms with Crippen LogP contribution in [0.3, 0.4) is 0 Å². The molecule has 6 nitrogen and oxygen atoms in total. The Labute approximate surface area is 222 Å². The zero-order valence-corrected chi connectivity index (χ0v) is 21.6. The highest BCUT2D eigenvalue weighted by atomic mass is 16.5. The number of fused-ring (bicyclic) bond motifs is 1. The maximum absolute atomic E-state index is 5.40. The lowest BCUT2D eigenvalue weighted by molar-refractivity contribution is 0.414. The van der Waals surface area contributed by atoms with E-state index in [1.54, 1.807) is 14.2 Å². The molecule has 4 aromatic carbocycles. The second-order valence-electron chi connectivity index (χ2n) is 9.37. The van der Waals surface area contributed by atoms with Crippen LogP contribution in [0.4, 0.5) is 5.95 Å². The number of ether oxygens (including phenoxy) is 2. The van der Waals surface area contributed by atoms with Gasteiger partial charge < -0.3 is 9.47 Å². The van der Waals surface area contributed by atoms with E-state index in [0.29, 0.717) is 12.4 Å². The number of benzene rings is 4. The predicted octanol–water partition coefficient (Wildman–Crippen LogP) is 6.98.